The number of hydrogen-bond acceptors (Lipinski definition) is 3. The lowest BCUT2D eigenvalue weighted by Gasteiger charge is -2.17. The molecule has 1 amide bonds. The third-order valence-electron chi connectivity index (χ3n) is 5.65. The van der Waals surface area contributed by atoms with E-state index in [0.717, 1.165) is 49.3 Å². The third kappa shape index (κ3) is 6.35. The van der Waals surface area contributed by atoms with Crippen molar-refractivity contribution in [3.63, 3.8) is 0 Å². The van der Waals surface area contributed by atoms with Gasteiger partial charge in [-0.15, -0.1) is 0 Å². The number of hydrogen-bond donors (Lipinski definition) is 1. The molecule has 3 aromatic rings. The fourth-order valence-corrected chi connectivity index (χ4v) is 3.70. The van der Waals surface area contributed by atoms with Gasteiger partial charge < -0.3 is 14.6 Å². The number of rotatable bonds is 10. The number of imidazole rings is 1. The van der Waals surface area contributed by atoms with Crippen molar-refractivity contribution < 1.29 is 9.53 Å². The number of aromatic nitrogens is 2. The molecule has 3 rings (SSSR count). The molecule has 0 saturated heterocycles. The molecule has 0 aliphatic carbocycles. The third-order valence-corrected chi connectivity index (χ3v) is 5.65. The Kier molecular flexibility index (Phi) is 7.94. The van der Waals surface area contributed by atoms with Gasteiger partial charge in [-0.2, -0.15) is 0 Å². The van der Waals surface area contributed by atoms with Crippen molar-refractivity contribution in [3.8, 4) is 5.75 Å². The first-order valence-corrected chi connectivity index (χ1v) is 11.7. The predicted octanol–water partition coefficient (Wildman–Crippen LogP) is 5.61. The van der Waals surface area contributed by atoms with Crippen LogP contribution in [0.15, 0.2) is 42.5 Å². The van der Waals surface area contributed by atoms with E-state index in [1.807, 2.05) is 26.8 Å². The van der Waals surface area contributed by atoms with Crippen LogP contribution in [0.2, 0.25) is 0 Å². The Hall–Kier alpha value is -2.82. The highest BCUT2D eigenvalue weighted by Gasteiger charge is 2.20. The summed E-state index contributed by atoms with van der Waals surface area (Å²) in [6.45, 7) is 12.3. The van der Waals surface area contributed by atoms with Crippen LogP contribution >= 0.6 is 0 Å². The number of benzene rings is 2. The average molecular weight is 436 g/mol. The van der Waals surface area contributed by atoms with Crippen molar-refractivity contribution in [1.29, 1.82) is 0 Å². The normalized spacial score (nSPS) is 11.7. The summed E-state index contributed by atoms with van der Waals surface area (Å²) in [4.78, 5) is 16.9. The van der Waals surface area contributed by atoms with Crippen LogP contribution in [0, 0.1) is 19.3 Å². The molecular weight excluding hydrogens is 398 g/mol. The van der Waals surface area contributed by atoms with Crippen LogP contribution in [0.25, 0.3) is 11.0 Å². The number of nitrogens with zero attached hydrogens (tertiary/aromatic N) is 2. The van der Waals surface area contributed by atoms with Crippen LogP contribution in [0.3, 0.4) is 0 Å². The number of carbonyl (C=O) groups excluding carboxylic acids is 1. The maximum absolute atomic E-state index is 12.1. The van der Waals surface area contributed by atoms with Gasteiger partial charge in [0.2, 0.25) is 5.91 Å². The lowest BCUT2D eigenvalue weighted by atomic mass is 9.96. The van der Waals surface area contributed by atoms with Crippen molar-refractivity contribution in [3.05, 3.63) is 59.4 Å². The number of para-hydroxylation sites is 2. The number of unbranched alkanes of at least 4 members (excludes halogenated alkanes) is 1. The van der Waals surface area contributed by atoms with E-state index < -0.39 is 0 Å². The predicted molar refractivity (Wildman–Crippen MR) is 131 cm³/mol. The van der Waals surface area contributed by atoms with E-state index in [4.69, 9.17) is 9.72 Å². The first-order valence-electron chi connectivity index (χ1n) is 11.7. The van der Waals surface area contributed by atoms with E-state index in [2.05, 4.69) is 60.1 Å². The van der Waals surface area contributed by atoms with Crippen LogP contribution in [-0.2, 0) is 17.8 Å². The van der Waals surface area contributed by atoms with Crippen LogP contribution < -0.4 is 10.1 Å². The standard InChI is InChI=1S/C27H37N3O2/c1-20-14-15-21(2)24(19-20)32-18-9-8-17-30-23-12-7-6-11-22(23)29-25(30)13-10-16-28-26(31)27(3,4)5/h6-7,11-12,14-15,19H,8-10,13,16-18H2,1-5H3,(H,28,31). The molecule has 0 fully saturated rings. The Labute approximate surface area is 192 Å². The highest BCUT2D eigenvalue weighted by molar-refractivity contribution is 5.81. The minimum atomic E-state index is -0.355. The zero-order chi connectivity index (χ0) is 23.1. The smallest absolute Gasteiger partial charge is 0.225 e. The zero-order valence-corrected chi connectivity index (χ0v) is 20.2. The highest BCUT2D eigenvalue weighted by Crippen LogP contribution is 2.21. The van der Waals surface area contributed by atoms with Crippen molar-refractivity contribution in [2.45, 2.75) is 66.8 Å². The van der Waals surface area contributed by atoms with Gasteiger partial charge >= 0.3 is 0 Å². The summed E-state index contributed by atoms with van der Waals surface area (Å²) in [6, 6.07) is 14.6. The molecule has 1 heterocycles. The van der Waals surface area contributed by atoms with Gasteiger partial charge in [-0.25, -0.2) is 4.98 Å². The summed E-state index contributed by atoms with van der Waals surface area (Å²) < 4.78 is 8.35. The molecule has 0 aliphatic rings. The van der Waals surface area contributed by atoms with Gasteiger partial charge in [0.1, 0.15) is 11.6 Å². The quantitative estimate of drug-likeness (QED) is 0.421. The molecule has 0 bridgehead atoms. The number of nitrogens with one attached hydrogen (secondary N) is 1. The van der Waals surface area contributed by atoms with Crippen LogP contribution in [0.5, 0.6) is 5.75 Å². The number of ether oxygens (including phenoxy) is 1. The second kappa shape index (κ2) is 10.7. The van der Waals surface area contributed by atoms with E-state index in [1.54, 1.807) is 0 Å². The van der Waals surface area contributed by atoms with Crippen molar-refractivity contribution in [2.75, 3.05) is 13.2 Å². The molecule has 0 unspecified atom stereocenters. The molecule has 32 heavy (non-hydrogen) atoms. The fourth-order valence-electron chi connectivity index (χ4n) is 3.70. The van der Waals surface area contributed by atoms with Crippen LogP contribution in [-0.4, -0.2) is 28.6 Å². The van der Waals surface area contributed by atoms with Crippen molar-refractivity contribution in [1.82, 2.24) is 14.9 Å². The van der Waals surface area contributed by atoms with Gasteiger partial charge in [-0.05, 0) is 62.4 Å². The summed E-state index contributed by atoms with van der Waals surface area (Å²) >= 11 is 0. The van der Waals surface area contributed by atoms with Crippen LogP contribution in [0.4, 0.5) is 0 Å². The Bertz CT molecular complexity index is 1050. The molecule has 1 aromatic heterocycles. The summed E-state index contributed by atoms with van der Waals surface area (Å²) in [5.74, 6) is 2.16. The topological polar surface area (TPSA) is 56.1 Å². The summed E-state index contributed by atoms with van der Waals surface area (Å²) in [6.07, 6.45) is 3.74. The Morgan fingerprint density at radius 1 is 1.06 bits per heavy atom. The first kappa shape index (κ1) is 23.8. The average Bonchev–Trinajstić information content (AvgIpc) is 3.10. The molecule has 0 spiro atoms. The van der Waals surface area contributed by atoms with E-state index in [1.165, 1.54) is 16.6 Å². The number of amides is 1. The van der Waals surface area contributed by atoms with E-state index in [-0.39, 0.29) is 11.3 Å². The van der Waals surface area contributed by atoms with Gasteiger partial charge in [-0.3, -0.25) is 4.79 Å². The second-order valence-corrected chi connectivity index (χ2v) is 9.60. The van der Waals surface area contributed by atoms with E-state index in [0.29, 0.717) is 13.2 Å². The van der Waals surface area contributed by atoms with Gasteiger partial charge in [0.05, 0.1) is 17.6 Å². The maximum Gasteiger partial charge on any atom is 0.225 e. The Morgan fingerprint density at radius 3 is 2.62 bits per heavy atom. The van der Waals surface area contributed by atoms with E-state index in [9.17, 15) is 4.79 Å². The molecular formula is C27H37N3O2. The lowest BCUT2D eigenvalue weighted by Crippen LogP contribution is -2.35. The van der Waals surface area contributed by atoms with Crippen molar-refractivity contribution in [2.24, 2.45) is 5.41 Å². The zero-order valence-electron chi connectivity index (χ0n) is 20.2. The maximum atomic E-state index is 12.1. The molecule has 5 heteroatoms. The Balaban J connectivity index is 1.54. The number of carbonyl (C=O) groups is 1. The molecule has 0 radical (unpaired) electrons. The molecule has 0 atom stereocenters. The summed E-state index contributed by atoms with van der Waals surface area (Å²) in [5.41, 5.74) is 4.26. The second-order valence-electron chi connectivity index (χ2n) is 9.60. The molecule has 1 N–H and O–H groups in total. The molecule has 2 aromatic carbocycles. The highest BCUT2D eigenvalue weighted by atomic mass is 16.5. The van der Waals surface area contributed by atoms with Gasteiger partial charge in [-0.1, -0.05) is 45.0 Å². The molecule has 0 aliphatic heterocycles. The minimum Gasteiger partial charge on any atom is -0.493 e. The largest absolute Gasteiger partial charge is 0.493 e. The fraction of sp³-hybridized carbons (Fsp3) is 0.481. The lowest BCUT2D eigenvalue weighted by molar-refractivity contribution is -0.128. The first-order chi connectivity index (χ1) is 15.3. The van der Waals surface area contributed by atoms with Crippen molar-refractivity contribution >= 4 is 16.9 Å². The van der Waals surface area contributed by atoms with Crippen LogP contribution in [0.1, 0.15) is 57.0 Å². The summed E-state index contributed by atoms with van der Waals surface area (Å²) in [7, 11) is 0. The van der Waals surface area contributed by atoms with Gasteiger partial charge in [0, 0.05) is 24.9 Å². The SMILES string of the molecule is Cc1ccc(C)c(OCCCCn2c(CCCNC(=O)C(C)(C)C)nc3ccccc32)c1. The minimum absolute atomic E-state index is 0.0925. The molecule has 172 valence electrons. The number of aryl methyl sites for hydroxylation is 4. The molecule has 0 saturated carbocycles. The van der Waals surface area contributed by atoms with Gasteiger partial charge in [0.15, 0.2) is 0 Å². The monoisotopic (exact) mass is 435 g/mol. The molecule has 5 nitrogen and oxygen atoms in total. The number of fused-ring (bicyclic) bond motifs is 1. The van der Waals surface area contributed by atoms with Gasteiger partial charge in [0.25, 0.3) is 0 Å². The van der Waals surface area contributed by atoms with E-state index >= 15 is 0 Å². The summed E-state index contributed by atoms with van der Waals surface area (Å²) in [5, 5.41) is 3.04. The Morgan fingerprint density at radius 2 is 1.84 bits per heavy atom.